The molecule has 0 amide bonds. The van der Waals surface area contributed by atoms with Gasteiger partial charge in [0.25, 0.3) is 0 Å². The van der Waals surface area contributed by atoms with Crippen molar-refractivity contribution in [2.75, 3.05) is 0 Å². The summed E-state index contributed by atoms with van der Waals surface area (Å²) < 4.78 is 2.20. The summed E-state index contributed by atoms with van der Waals surface area (Å²) in [5, 5.41) is 0.758. The largest absolute Gasteiger partial charge is 0.331 e. The van der Waals surface area contributed by atoms with Crippen LogP contribution in [0.1, 0.15) is 62.3 Å². The predicted molar refractivity (Wildman–Crippen MR) is 91.8 cm³/mol. The van der Waals surface area contributed by atoms with Gasteiger partial charge >= 0.3 is 0 Å². The van der Waals surface area contributed by atoms with Gasteiger partial charge in [0.05, 0.1) is 5.69 Å². The van der Waals surface area contributed by atoms with Crippen LogP contribution in [0.3, 0.4) is 0 Å². The van der Waals surface area contributed by atoms with Crippen molar-refractivity contribution < 1.29 is 0 Å². The molecule has 0 bridgehead atoms. The van der Waals surface area contributed by atoms with Crippen molar-refractivity contribution in [1.82, 2.24) is 9.55 Å². The molecular weight excluding hydrogens is 280 g/mol. The molecule has 2 aromatic rings. The quantitative estimate of drug-likeness (QED) is 0.730. The first-order chi connectivity index (χ1) is 9.90. The number of rotatable bonds is 4. The second-order valence-electron chi connectivity index (χ2n) is 5.99. The SMILES string of the molecule is CC(C)c1nc(C=Cc2ccc(Cl)cc2)n(C)c1C(C)C. The van der Waals surface area contributed by atoms with Crippen molar-refractivity contribution in [2.45, 2.75) is 39.5 Å². The fourth-order valence-corrected chi connectivity index (χ4v) is 2.68. The van der Waals surface area contributed by atoms with Crippen LogP contribution in [0.25, 0.3) is 12.2 Å². The second-order valence-corrected chi connectivity index (χ2v) is 6.43. The van der Waals surface area contributed by atoms with Gasteiger partial charge in [0.2, 0.25) is 0 Å². The molecule has 21 heavy (non-hydrogen) atoms. The standard InChI is InChI=1S/C18H23ClN2/c1-12(2)17-18(13(3)4)21(5)16(20-17)11-8-14-6-9-15(19)10-7-14/h6-13H,1-5H3. The molecule has 0 unspecified atom stereocenters. The number of benzene rings is 1. The van der Waals surface area contributed by atoms with Gasteiger partial charge < -0.3 is 4.57 Å². The second kappa shape index (κ2) is 6.48. The van der Waals surface area contributed by atoms with Crippen LogP contribution in [-0.4, -0.2) is 9.55 Å². The average molecular weight is 303 g/mol. The number of hydrogen-bond donors (Lipinski definition) is 0. The Kier molecular flexibility index (Phi) is 4.89. The van der Waals surface area contributed by atoms with Crippen molar-refractivity contribution in [1.29, 1.82) is 0 Å². The fourth-order valence-electron chi connectivity index (χ4n) is 2.55. The van der Waals surface area contributed by atoms with Crippen LogP contribution < -0.4 is 0 Å². The van der Waals surface area contributed by atoms with E-state index in [1.54, 1.807) is 0 Å². The van der Waals surface area contributed by atoms with E-state index in [1.807, 2.05) is 24.3 Å². The lowest BCUT2D eigenvalue weighted by Crippen LogP contribution is -2.03. The highest BCUT2D eigenvalue weighted by atomic mass is 35.5. The Labute approximate surface area is 132 Å². The molecule has 0 aliphatic rings. The topological polar surface area (TPSA) is 17.8 Å². The maximum Gasteiger partial charge on any atom is 0.132 e. The van der Waals surface area contributed by atoms with Gasteiger partial charge in [-0.3, -0.25) is 0 Å². The zero-order valence-corrected chi connectivity index (χ0v) is 14.1. The third-order valence-electron chi connectivity index (χ3n) is 3.59. The molecule has 0 spiro atoms. The van der Waals surface area contributed by atoms with E-state index in [-0.39, 0.29) is 0 Å². The molecule has 0 aliphatic heterocycles. The van der Waals surface area contributed by atoms with Gasteiger partial charge in [-0.2, -0.15) is 0 Å². The molecule has 1 aromatic heterocycles. The van der Waals surface area contributed by atoms with Crippen LogP contribution in [0.15, 0.2) is 24.3 Å². The first-order valence-corrected chi connectivity index (χ1v) is 7.78. The molecule has 112 valence electrons. The molecular formula is C18H23ClN2. The van der Waals surface area contributed by atoms with Crippen LogP contribution in [-0.2, 0) is 7.05 Å². The third-order valence-corrected chi connectivity index (χ3v) is 3.84. The summed E-state index contributed by atoms with van der Waals surface area (Å²) in [4.78, 5) is 4.81. The van der Waals surface area contributed by atoms with Crippen molar-refractivity contribution in [2.24, 2.45) is 7.05 Å². The molecule has 1 aromatic carbocycles. The van der Waals surface area contributed by atoms with E-state index in [0.717, 1.165) is 16.4 Å². The summed E-state index contributed by atoms with van der Waals surface area (Å²) >= 11 is 5.91. The molecule has 3 heteroatoms. The highest BCUT2D eigenvalue weighted by Gasteiger charge is 2.18. The molecule has 0 fully saturated rings. The lowest BCUT2D eigenvalue weighted by molar-refractivity contribution is 0.706. The number of imidazole rings is 1. The lowest BCUT2D eigenvalue weighted by Gasteiger charge is -2.11. The van der Waals surface area contributed by atoms with E-state index in [2.05, 4.69) is 51.5 Å². The molecule has 0 N–H and O–H groups in total. The minimum absolute atomic E-state index is 0.436. The van der Waals surface area contributed by atoms with E-state index in [9.17, 15) is 0 Å². The van der Waals surface area contributed by atoms with Crippen LogP contribution in [0, 0.1) is 0 Å². The monoisotopic (exact) mass is 302 g/mol. The predicted octanol–water partition coefficient (Wildman–Crippen LogP) is 5.49. The van der Waals surface area contributed by atoms with E-state index in [0.29, 0.717) is 11.8 Å². The molecule has 2 nitrogen and oxygen atoms in total. The lowest BCUT2D eigenvalue weighted by atomic mass is 10.0. The molecule has 2 rings (SSSR count). The van der Waals surface area contributed by atoms with Gasteiger partial charge in [-0.15, -0.1) is 0 Å². The van der Waals surface area contributed by atoms with Crippen molar-refractivity contribution in [3.05, 3.63) is 52.1 Å². The highest BCUT2D eigenvalue weighted by molar-refractivity contribution is 6.30. The zero-order chi connectivity index (χ0) is 15.6. The molecule has 0 saturated carbocycles. The Morgan fingerprint density at radius 1 is 1.00 bits per heavy atom. The minimum atomic E-state index is 0.436. The summed E-state index contributed by atoms with van der Waals surface area (Å²) in [5.74, 6) is 1.90. The van der Waals surface area contributed by atoms with Gasteiger partial charge in [0, 0.05) is 17.8 Å². The van der Waals surface area contributed by atoms with Crippen LogP contribution in [0.2, 0.25) is 5.02 Å². The van der Waals surface area contributed by atoms with E-state index in [4.69, 9.17) is 16.6 Å². The Morgan fingerprint density at radius 3 is 2.10 bits per heavy atom. The number of nitrogens with zero attached hydrogens (tertiary/aromatic N) is 2. The van der Waals surface area contributed by atoms with E-state index in [1.165, 1.54) is 11.4 Å². The maximum atomic E-state index is 5.91. The van der Waals surface area contributed by atoms with Gasteiger partial charge in [0.15, 0.2) is 0 Å². The molecule has 0 aliphatic carbocycles. The number of halogens is 1. The Bertz CT molecular complexity index is 634. The van der Waals surface area contributed by atoms with Crippen LogP contribution >= 0.6 is 11.6 Å². The third kappa shape index (κ3) is 3.56. The smallest absolute Gasteiger partial charge is 0.132 e. The van der Waals surface area contributed by atoms with Gasteiger partial charge in [-0.05, 0) is 35.6 Å². The normalized spacial score (nSPS) is 12.0. The zero-order valence-electron chi connectivity index (χ0n) is 13.4. The first-order valence-electron chi connectivity index (χ1n) is 7.40. The average Bonchev–Trinajstić information content (AvgIpc) is 2.75. The Hall–Kier alpha value is -1.54. The highest BCUT2D eigenvalue weighted by Crippen LogP contribution is 2.27. The number of aromatic nitrogens is 2. The molecule has 0 atom stereocenters. The van der Waals surface area contributed by atoms with E-state index < -0.39 is 0 Å². The van der Waals surface area contributed by atoms with Crippen molar-refractivity contribution in [3.63, 3.8) is 0 Å². The summed E-state index contributed by atoms with van der Waals surface area (Å²) in [6.07, 6.45) is 4.15. The Balaban J connectivity index is 2.36. The number of hydrogen-bond acceptors (Lipinski definition) is 1. The van der Waals surface area contributed by atoms with Gasteiger partial charge in [0.1, 0.15) is 5.82 Å². The maximum absolute atomic E-state index is 5.91. The summed E-state index contributed by atoms with van der Waals surface area (Å²) in [6, 6.07) is 7.82. The van der Waals surface area contributed by atoms with Crippen molar-refractivity contribution >= 4 is 23.8 Å². The fraction of sp³-hybridized carbons (Fsp3) is 0.389. The molecule has 0 saturated heterocycles. The summed E-state index contributed by atoms with van der Waals surface area (Å²) in [7, 11) is 2.09. The minimum Gasteiger partial charge on any atom is -0.331 e. The van der Waals surface area contributed by atoms with Gasteiger partial charge in [-0.1, -0.05) is 57.5 Å². The molecule has 0 radical (unpaired) electrons. The van der Waals surface area contributed by atoms with Gasteiger partial charge in [-0.25, -0.2) is 4.98 Å². The van der Waals surface area contributed by atoms with Crippen LogP contribution in [0.4, 0.5) is 0 Å². The Morgan fingerprint density at radius 2 is 1.62 bits per heavy atom. The first kappa shape index (κ1) is 15.8. The summed E-state index contributed by atoms with van der Waals surface area (Å²) in [6.45, 7) is 8.83. The summed E-state index contributed by atoms with van der Waals surface area (Å²) in [5.41, 5.74) is 3.64. The van der Waals surface area contributed by atoms with E-state index >= 15 is 0 Å². The van der Waals surface area contributed by atoms with Crippen molar-refractivity contribution in [3.8, 4) is 0 Å². The molecule has 1 heterocycles. The van der Waals surface area contributed by atoms with Crippen LogP contribution in [0.5, 0.6) is 0 Å².